The van der Waals surface area contributed by atoms with Crippen molar-refractivity contribution in [3.63, 3.8) is 0 Å². The van der Waals surface area contributed by atoms with E-state index in [4.69, 9.17) is 4.74 Å². The molecule has 3 fully saturated rings. The van der Waals surface area contributed by atoms with Crippen LogP contribution in [0.3, 0.4) is 0 Å². The Morgan fingerprint density at radius 2 is 1.61 bits per heavy atom. The second-order valence-electron chi connectivity index (χ2n) is 5.93. The third-order valence-corrected chi connectivity index (χ3v) is 4.67. The zero-order chi connectivity index (χ0) is 11.5. The van der Waals surface area contributed by atoms with Gasteiger partial charge in [-0.25, -0.2) is 0 Å². The Hall–Kier alpha value is 0.170. The van der Waals surface area contributed by atoms with Gasteiger partial charge in [-0.3, -0.25) is 4.90 Å². The van der Waals surface area contributed by atoms with Crippen LogP contribution < -0.4 is 5.32 Å². The zero-order valence-corrected chi connectivity index (χ0v) is 12.1. The molecule has 1 aliphatic carbocycles. The molecule has 0 spiro atoms. The van der Waals surface area contributed by atoms with E-state index in [1.807, 2.05) is 0 Å². The van der Waals surface area contributed by atoms with Gasteiger partial charge >= 0.3 is 0 Å². The minimum absolute atomic E-state index is 0. The van der Waals surface area contributed by atoms with Gasteiger partial charge in [0.25, 0.3) is 0 Å². The molecule has 1 N–H and O–H groups in total. The van der Waals surface area contributed by atoms with E-state index in [2.05, 4.69) is 10.2 Å². The summed E-state index contributed by atoms with van der Waals surface area (Å²) in [6.45, 7) is 4.90. The molecule has 0 bridgehead atoms. The maximum absolute atomic E-state index is 6.19. The van der Waals surface area contributed by atoms with E-state index >= 15 is 0 Å². The first kappa shape index (κ1) is 14.6. The van der Waals surface area contributed by atoms with Crippen molar-refractivity contribution in [1.29, 1.82) is 0 Å². The molecule has 3 aliphatic rings. The van der Waals surface area contributed by atoms with Crippen molar-refractivity contribution >= 4 is 12.4 Å². The molecule has 3 rings (SSSR count). The van der Waals surface area contributed by atoms with Gasteiger partial charge in [0.1, 0.15) is 0 Å². The van der Waals surface area contributed by atoms with Gasteiger partial charge in [0.2, 0.25) is 0 Å². The average Bonchev–Trinajstić information content (AvgIpc) is 2.35. The molecule has 0 amide bonds. The van der Waals surface area contributed by atoms with Gasteiger partial charge in [-0.2, -0.15) is 0 Å². The molecule has 0 aromatic carbocycles. The second-order valence-corrected chi connectivity index (χ2v) is 5.93. The SMILES string of the molecule is C1CC(O[C@@H]2CCCN(C3CCNCC3)C2)C1.Cl. The molecule has 3 nitrogen and oxygen atoms in total. The van der Waals surface area contributed by atoms with Crippen LogP contribution in [-0.4, -0.2) is 49.3 Å². The number of nitrogens with one attached hydrogen (secondary N) is 1. The van der Waals surface area contributed by atoms with Crippen molar-refractivity contribution in [2.24, 2.45) is 0 Å². The maximum atomic E-state index is 6.19. The van der Waals surface area contributed by atoms with E-state index in [-0.39, 0.29) is 12.4 Å². The van der Waals surface area contributed by atoms with Crippen LogP contribution in [0.2, 0.25) is 0 Å². The first-order valence-electron chi connectivity index (χ1n) is 7.52. The van der Waals surface area contributed by atoms with Crippen molar-refractivity contribution in [3.05, 3.63) is 0 Å². The van der Waals surface area contributed by atoms with Crippen LogP contribution in [0, 0.1) is 0 Å². The van der Waals surface area contributed by atoms with Gasteiger partial charge in [-0.1, -0.05) is 0 Å². The number of piperidine rings is 2. The van der Waals surface area contributed by atoms with E-state index in [1.165, 1.54) is 71.1 Å². The summed E-state index contributed by atoms with van der Waals surface area (Å²) in [6, 6.07) is 0.823. The van der Waals surface area contributed by atoms with Gasteiger partial charge in [0.05, 0.1) is 12.2 Å². The van der Waals surface area contributed by atoms with Crippen molar-refractivity contribution in [3.8, 4) is 0 Å². The smallest absolute Gasteiger partial charge is 0.0706 e. The lowest BCUT2D eigenvalue weighted by Crippen LogP contribution is -2.50. The van der Waals surface area contributed by atoms with Crippen LogP contribution in [0.4, 0.5) is 0 Å². The summed E-state index contributed by atoms with van der Waals surface area (Å²) in [5.74, 6) is 0. The normalized spacial score (nSPS) is 31.7. The van der Waals surface area contributed by atoms with Gasteiger partial charge in [-0.15, -0.1) is 12.4 Å². The molecule has 2 saturated heterocycles. The van der Waals surface area contributed by atoms with Gasteiger partial charge in [-0.05, 0) is 64.6 Å². The van der Waals surface area contributed by atoms with Crippen LogP contribution >= 0.6 is 12.4 Å². The quantitative estimate of drug-likeness (QED) is 0.854. The topological polar surface area (TPSA) is 24.5 Å². The fraction of sp³-hybridized carbons (Fsp3) is 1.00. The van der Waals surface area contributed by atoms with Gasteiger partial charge in [0, 0.05) is 12.6 Å². The molecule has 18 heavy (non-hydrogen) atoms. The molecule has 0 aromatic rings. The van der Waals surface area contributed by atoms with Crippen LogP contribution in [0.1, 0.15) is 44.9 Å². The predicted molar refractivity (Wildman–Crippen MR) is 76.5 cm³/mol. The lowest BCUT2D eigenvalue weighted by atomic mass is 9.95. The second kappa shape index (κ2) is 7.09. The third-order valence-electron chi connectivity index (χ3n) is 4.67. The first-order valence-corrected chi connectivity index (χ1v) is 7.52. The monoisotopic (exact) mass is 274 g/mol. The van der Waals surface area contributed by atoms with Gasteiger partial charge < -0.3 is 10.1 Å². The van der Waals surface area contributed by atoms with E-state index in [1.54, 1.807) is 0 Å². The Morgan fingerprint density at radius 1 is 0.889 bits per heavy atom. The van der Waals surface area contributed by atoms with Crippen LogP contribution in [0.25, 0.3) is 0 Å². The first-order chi connectivity index (χ1) is 8.42. The highest BCUT2D eigenvalue weighted by Gasteiger charge is 2.29. The van der Waals surface area contributed by atoms with E-state index < -0.39 is 0 Å². The summed E-state index contributed by atoms with van der Waals surface area (Å²) in [6.07, 6.45) is 10.4. The Labute approximate surface area is 117 Å². The van der Waals surface area contributed by atoms with Crippen molar-refractivity contribution < 1.29 is 4.74 Å². The molecule has 1 atom stereocenters. The van der Waals surface area contributed by atoms with Crippen molar-refractivity contribution in [1.82, 2.24) is 10.2 Å². The highest BCUT2D eigenvalue weighted by molar-refractivity contribution is 5.85. The van der Waals surface area contributed by atoms with E-state index in [9.17, 15) is 0 Å². The average molecular weight is 275 g/mol. The number of rotatable bonds is 3. The van der Waals surface area contributed by atoms with Crippen LogP contribution in [0.5, 0.6) is 0 Å². The molecular formula is C14H27ClN2O. The summed E-state index contributed by atoms with van der Waals surface area (Å²) in [5, 5.41) is 3.46. The minimum Gasteiger partial charge on any atom is -0.374 e. The summed E-state index contributed by atoms with van der Waals surface area (Å²) >= 11 is 0. The minimum atomic E-state index is 0. The molecule has 4 heteroatoms. The van der Waals surface area contributed by atoms with E-state index in [0.717, 1.165) is 6.04 Å². The summed E-state index contributed by atoms with van der Waals surface area (Å²) in [7, 11) is 0. The standard InChI is InChI=1S/C14H26N2O.ClH/c1-3-13(4-1)17-14-5-2-10-16(11-14)12-6-8-15-9-7-12;/h12-15H,1-11H2;1H/t14-;/m1./s1. The van der Waals surface area contributed by atoms with Crippen molar-refractivity contribution in [2.75, 3.05) is 26.2 Å². The number of likely N-dealkylation sites (tertiary alicyclic amines) is 1. The fourth-order valence-electron chi connectivity index (χ4n) is 3.36. The molecule has 2 heterocycles. The molecule has 0 unspecified atom stereocenters. The molecule has 2 aliphatic heterocycles. The van der Waals surface area contributed by atoms with Gasteiger partial charge in [0.15, 0.2) is 0 Å². The predicted octanol–water partition coefficient (Wildman–Crippen LogP) is 2.19. The maximum Gasteiger partial charge on any atom is 0.0706 e. The molecular weight excluding hydrogens is 248 g/mol. The Kier molecular flexibility index (Phi) is 5.74. The number of hydrogen-bond acceptors (Lipinski definition) is 3. The van der Waals surface area contributed by atoms with Crippen LogP contribution in [-0.2, 0) is 4.74 Å². The lowest BCUT2D eigenvalue weighted by molar-refractivity contribution is -0.0844. The molecule has 1 saturated carbocycles. The summed E-state index contributed by atoms with van der Waals surface area (Å²) < 4.78 is 6.19. The molecule has 0 radical (unpaired) electrons. The van der Waals surface area contributed by atoms with Crippen molar-refractivity contribution in [2.45, 2.75) is 63.2 Å². The zero-order valence-electron chi connectivity index (χ0n) is 11.3. The summed E-state index contributed by atoms with van der Waals surface area (Å²) in [5.41, 5.74) is 0. The number of halogens is 1. The van der Waals surface area contributed by atoms with Crippen LogP contribution in [0.15, 0.2) is 0 Å². The van der Waals surface area contributed by atoms with E-state index in [0.29, 0.717) is 12.2 Å². The number of hydrogen-bond donors (Lipinski definition) is 1. The summed E-state index contributed by atoms with van der Waals surface area (Å²) in [4.78, 5) is 2.70. The molecule has 0 aromatic heterocycles. The Morgan fingerprint density at radius 3 is 2.28 bits per heavy atom. The number of ether oxygens (including phenoxy) is 1. The highest BCUT2D eigenvalue weighted by atomic mass is 35.5. The lowest BCUT2D eigenvalue weighted by Gasteiger charge is -2.41. The molecule has 106 valence electrons. The Balaban J connectivity index is 0.00000120. The Bertz CT molecular complexity index is 242. The largest absolute Gasteiger partial charge is 0.374 e. The highest BCUT2D eigenvalue weighted by Crippen LogP contribution is 2.27. The third kappa shape index (κ3) is 3.60. The number of nitrogens with zero attached hydrogens (tertiary/aromatic N) is 1. The fourth-order valence-corrected chi connectivity index (χ4v) is 3.36.